The standard InChI is InChI=1S/C15H19ClN2O4/c1-15(2,3)22-14(19)17(11-4-5-11)9-10-8-12(18(20)21)6-7-13(10)16/h6-8,11H,4-5,9H2,1-3H3. The van der Waals surface area contributed by atoms with Crippen LogP contribution in [0.5, 0.6) is 0 Å². The number of hydrogen-bond acceptors (Lipinski definition) is 4. The van der Waals surface area contributed by atoms with Crippen LogP contribution < -0.4 is 0 Å². The Labute approximate surface area is 134 Å². The third-order valence-electron chi connectivity index (χ3n) is 3.20. The van der Waals surface area contributed by atoms with Crippen LogP contribution in [0.25, 0.3) is 0 Å². The highest BCUT2D eigenvalue weighted by Crippen LogP contribution is 2.32. The van der Waals surface area contributed by atoms with E-state index in [4.69, 9.17) is 16.3 Å². The van der Waals surface area contributed by atoms with Crippen LogP contribution in [0.3, 0.4) is 0 Å². The van der Waals surface area contributed by atoms with Gasteiger partial charge in [-0.3, -0.25) is 10.1 Å². The third kappa shape index (κ3) is 4.34. The number of non-ortho nitro benzene ring substituents is 1. The molecule has 0 atom stereocenters. The first-order valence-corrected chi connectivity index (χ1v) is 7.47. The molecule has 0 aromatic heterocycles. The molecule has 6 nitrogen and oxygen atoms in total. The van der Waals surface area contributed by atoms with Gasteiger partial charge in [0.1, 0.15) is 5.60 Å². The smallest absolute Gasteiger partial charge is 0.410 e. The quantitative estimate of drug-likeness (QED) is 0.615. The number of hydrogen-bond donors (Lipinski definition) is 0. The number of rotatable bonds is 4. The average Bonchev–Trinajstić information content (AvgIpc) is 3.19. The van der Waals surface area contributed by atoms with Crippen molar-refractivity contribution in [3.8, 4) is 0 Å². The van der Waals surface area contributed by atoms with Crippen molar-refractivity contribution in [2.24, 2.45) is 0 Å². The fourth-order valence-corrected chi connectivity index (χ4v) is 2.21. The first-order chi connectivity index (χ1) is 10.2. The number of benzene rings is 1. The lowest BCUT2D eigenvalue weighted by Crippen LogP contribution is -2.37. The van der Waals surface area contributed by atoms with Crippen molar-refractivity contribution in [2.75, 3.05) is 0 Å². The lowest BCUT2D eigenvalue weighted by atomic mass is 10.2. The van der Waals surface area contributed by atoms with E-state index in [1.54, 1.807) is 25.7 Å². The van der Waals surface area contributed by atoms with Gasteiger partial charge in [-0.15, -0.1) is 0 Å². The molecule has 0 saturated heterocycles. The molecule has 0 N–H and O–H groups in total. The maximum atomic E-state index is 12.3. The second-order valence-corrected chi connectivity index (χ2v) is 6.78. The molecule has 22 heavy (non-hydrogen) atoms. The van der Waals surface area contributed by atoms with Crippen molar-refractivity contribution in [3.63, 3.8) is 0 Å². The van der Waals surface area contributed by atoms with E-state index >= 15 is 0 Å². The van der Waals surface area contributed by atoms with Gasteiger partial charge in [-0.25, -0.2) is 4.79 Å². The number of halogens is 1. The summed E-state index contributed by atoms with van der Waals surface area (Å²) in [5.41, 5.74) is -0.0792. The van der Waals surface area contributed by atoms with E-state index in [9.17, 15) is 14.9 Å². The van der Waals surface area contributed by atoms with E-state index in [1.807, 2.05) is 0 Å². The number of ether oxygens (including phenoxy) is 1. The van der Waals surface area contributed by atoms with Crippen molar-refractivity contribution < 1.29 is 14.5 Å². The number of nitro groups is 1. The molecule has 1 aromatic carbocycles. The second-order valence-electron chi connectivity index (χ2n) is 6.37. The van der Waals surface area contributed by atoms with E-state index in [1.165, 1.54) is 18.2 Å². The Morgan fingerprint density at radius 3 is 2.59 bits per heavy atom. The number of amides is 1. The van der Waals surface area contributed by atoms with Gasteiger partial charge in [0.05, 0.1) is 11.5 Å². The van der Waals surface area contributed by atoms with Gasteiger partial charge in [0.25, 0.3) is 5.69 Å². The van der Waals surface area contributed by atoms with Crippen molar-refractivity contribution in [3.05, 3.63) is 38.9 Å². The maximum Gasteiger partial charge on any atom is 0.410 e. The highest BCUT2D eigenvalue weighted by molar-refractivity contribution is 6.31. The molecule has 0 bridgehead atoms. The van der Waals surface area contributed by atoms with Crippen LogP contribution in [-0.2, 0) is 11.3 Å². The molecule has 120 valence electrons. The van der Waals surface area contributed by atoms with Gasteiger partial charge in [0, 0.05) is 23.2 Å². The molecule has 0 spiro atoms. The molecular formula is C15H19ClN2O4. The Morgan fingerprint density at radius 1 is 1.45 bits per heavy atom. The lowest BCUT2D eigenvalue weighted by molar-refractivity contribution is -0.384. The Hall–Kier alpha value is -1.82. The van der Waals surface area contributed by atoms with Gasteiger partial charge in [0.15, 0.2) is 0 Å². The number of nitro benzene ring substituents is 1. The molecule has 1 aliphatic rings. The summed E-state index contributed by atoms with van der Waals surface area (Å²) in [6.07, 6.45) is 1.40. The Bertz CT molecular complexity index is 594. The van der Waals surface area contributed by atoms with Crippen molar-refractivity contribution in [1.29, 1.82) is 0 Å². The Kier molecular flexibility index (Phi) is 4.60. The molecular weight excluding hydrogens is 308 g/mol. The maximum absolute atomic E-state index is 12.3. The summed E-state index contributed by atoms with van der Waals surface area (Å²) in [7, 11) is 0. The monoisotopic (exact) mass is 326 g/mol. The molecule has 1 amide bonds. The van der Waals surface area contributed by atoms with Crippen molar-refractivity contribution in [2.45, 2.75) is 51.8 Å². The van der Waals surface area contributed by atoms with Gasteiger partial charge >= 0.3 is 6.09 Å². The predicted octanol–water partition coefficient (Wildman–Crippen LogP) is 4.15. The highest BCUT2D eigenvalue weighted by Gasteiger charge is 2.35. The van der Waals surface area contributed by atoms with Crippen LogP contribution in [0.1, 0.15) is 39.2 Å². The van der Waals surface area contributed by atoms with Crippen LogP contribution in [0.4, 0.5) is 10.5 Å². The van der Waals surface area contributed by atoms with Gasteiger partial charge in [-0.05, 0) is 45.2 Å². The Morgan fingerprint density at radius 2 is 2.09 bits per heavy atom. The molecule has 1 saturated carbocycles. The van der Waals surface area contributed by atoms with Crippen LogP contribution in [-0.4, -0.2) is 27.6 Å². The largest absolute Gasteiger partial charge is 0.444 e. The minimum Gasteiger partial charge on any atom is -0.444 e. The zero-order valence-electron chi connectivity index (χ0n) is 12.8. The molecule has 1 aliphatic carbocycles. The van der Waals surface area contributed by atoms with E-state index in [0.29, 0.717) is 10.6 Å². The first-order valence-electron chi connectivity index (χ1n) is 7.10. The van der Waals surface area contributed by atoms with Crippen LogP contribution in [0.2, 0.25) is 5.02 Å². The van der Waals surface area contributed by atoms with E-state index < -0.39 is 16.6 Å². The summed E-state index contributed by atoms with van der Waals surface area (Å²) < 4.78 is 5.40. The molecule has 0 heterocycles. The molecule has 1 fully saturated rings. The third-order valence-corrected chi connectivity index (χ3v) is 3.57. The summed E-state index contributed by atoms with van der Waals surface area (Å²) >= 11 is 6.11. The predicted molar refractivity (Wildman–Crippen MR) is 82.9 cm³/mol. The summed E-state index contributed by atoms with van der Waals surface area (Å²) in [6.45, 7) is 5.61. The topological polar surface area (TPSA) is 72.7 Å². The zero-order chi connectivity index (χ0) is 16.5. The molecule has 2 rings (SSSR count). The SMILES string of the molecule is CC(C)(C)OC(=O)N(Cc1cc([N+](=O)[O-])ccc1Cl)C1CC1. The summed E-state index contributed by atoms with van der Waals surface area (Å²) in [5.74, 6) is 0. The lowest BCUT2D eigenvalue weighted by Gasteiger charge is -2.27. The van der Waals surface area contributed by atoms with E-state index in [2.05, 4.69) is 0 Å². The molecule has 0 radical (unpaired) electrons. The Balaban J connectivity index is 2.20. The normalized spacial score (nSPS) is 14.5. The van der Waals surface area contributed by atoms with Crippen LogP contribution in [0.15, 0.2) is 18.2 Å². The van der Waals surface area contributed by atoms with E-state index in [-0.39, 0.29) is 18.3 Å². The fraction of sp³-hybridized carbons (Fsp3) is 0.533. The zero-order valence-corrected chi connectivity index (χ0v) is 13.6. The van der Waals surface area contributed by atoms with Gasteiger partial charge in [0.2, 0.25) is 0 Å². The number of carbonyl (C=O) groups excluding carboxylic acids is 1. The number of carbonyl (C=O) groups is 1. The summed E-state index contributed by atoms with van der Waals surface area (Å²) in [6, 6.07) is 4.35. The molecule has 7 heteroatoms. The van der Waals surface area contributed by atoms with Crippen molar-refractivity contribution in [1.82, 2.24) is 4.90 Å². The molecule has 0 unspecified atom stereocenters. The first kappa shape index (κ1) is 16.5. The number of nitrogens with zero attached hydrogens (tertiary/aromatic N) is 2. The summed E-state index contributed by atoms with van der Waals surface area (Å²) in [4.78, 5) is 24.3. The minimum absolute atomic E-state index is 0.0423. The van der Waals surface area contributed by atoms with Gasteiger partial charge in [-0.2, -0.15) is 0 Å². The van der Waals surface area contributed by atoms with Crippen LogP contribution >= 0.6 is 11.6 Å². The van der Waals surface area contributed by atoms with Gasteiger partial charge < -0.3 is 9.64 Å². The van der Waals surface area contributed by atoms with Gasteiger partial charge in [-0.1, -0.05) is 11.6 Å². The van der Waals surface area contributed by atoms with E-state index in [0.717, 1.165) is 12.8 Å². The van der Waals surface area contributed by atoms with Crippen LogP contribution in [0, 0.1) is 10.1 Å². The van der Waals surface area contributed by atoms with Crippen molar-refractivity contribution >= 4 is 23.4 Å². The fourth-order valence-electron chi connectivity index (χ4n) is 2.03. The summed E-state index contributed by atoms with van der Waals surface area (Å²) in [5, 5.41) is 11.3. The second kappa shape index (κ2) is 6.12. The highest BCUT2D eigenvalue weighted by atomic mass is 35.5. The average molecular weight is 327 g/mol. The molecule has 0 aliphatic heterocycles. The minimum atomic E-state index is -0.587. The molecule has 1 aromatic rings.